The molecule has 0 amide bonds. The number of benzene rings is 9. The van der Waals surface area contributed by atoms with Gasteiger partial charge in [-0.1, -0.05) is 199 Å². The Morgan fingerprint density at radius 1 is 0.373 bits per heavy atom. The Kier molecular flexibility index (Phi) is 11.3. The summed E-state index contributed by atoms with van der Waals surface area (Å²) in [7, 11) is -1.51. The van der Waals surface area contributed by atoms with Crippen molar-refractivity contribution in [3.05, 3.63) is 288 Å². The Morgan fingerprint density at radius 3 is 1.28 bits per heavy atom. The molecule has 1 saturated heterocycles. The molecule has 15 heteroatoms. The molecule has 4 aliphatic heterocycles. The molecule has 0 aromatic heterocycles. The van der Waals surface area contributed by atoms with Gasteiger partial charge in [-0.05, 0) is 92.2 Å². The lowest BCUT2D eigenvalue weighted by atomic mass is 9.57. The summed E-state index contributed by atoms with van der Waals surface area (Å²) in [5, 5.41) is 23.6. The molecule has 1 fully saturated rings. The summed E-state index contributed by atoms with van der Waals surface area (Å²) < 4.78 is 7.18. The van der Waals surface area contributed by atoms with Crippen LogP contribution in [0.25, 0.3) is 0 Å². The number of hydrogen-bond acceptors (Lipinski definition) is 11. The van der Waals surface area contributed by atoms with Gasteiger partial charge in [-0.3, -0.25) is 14.8 Å². The SMILES string of the molecule is Cc1ccc(C2=NN(c3ccccc3)[B@-]3(N(c4ccccc4)B4N(B5N(c6ccccc6)N=C(c6ccc(C)cc6)N5N3c3ccccc3)C(c3ccc(C)cc3)=NN4c3ccccc3)[N+](c3ccccc3)=N2)cc1. The van der Waals surface area contributed by atoms with E-state index in [4.69, 9.17) is 20.4 Å². The maximum atomic E-state index is 5.93. The number of fused-ring (bicyclic) bond motifs is 3. The highest BCUT2D eigenvalue weighted by Gasteiger charge is 2.74. The van der Waals surface area contributed by atoms with Crippen molar-refractivity contribution in [3.8, 4) is 0 Å². The first-order chi connectivity index (χ1) is 37.0. The van der Waals surface area contributed by atoms with Crippen molar-refractivity contribution in [2.45, 2.75) is 20.8 Å². The van der Waals surface area contributed by atoms with Crippen LogP contribution in [0.4, 0.5) is 34.1 Å². The molecular weight excluding hydrogens is 921 g/mol. The van der Waals surface area contributed by atoms with E-state index < -0.39 is 20.9 Å². The van der Waals surface area contributed by atoms with E-state index >= 15 is 0 Å². The van der Waals surface area contributed by atoms with Crippen molar-refractivity contribution >= 4 is 72.6 Å². The summed E-state index contributed by atoms with van der Waals surface area (Å²) in [5.74, 6) is 1.99. The number of azo groups is 1. The molecule has 4 aliphatic rings. The molecule has 9 aromatic carbocycles. The predicted octanol–water partition coefficient (Wildman–Crippen LogP) is 12.3. The minimum absolute atomic E-state index is 0.538. The van der Waals surface area contributed by atoms with Crippen molar-refractivity contribution in [1.29, 1.82) is 0 Å². The molecule has 1 atom stereocenters. The lowest BCUT2D eigenvalue weighted by Crippen LogP contribution is -2.86. The van der Waals surface area contributed by atoms with Crippen LogP contribution in [0.5, 0.6) is 0 Å². The fourth-order valence-electron chi connectivity index (χ4n) is 10.8. The maximum Gasteiger partial charge on any atom is 0.638 e. The highest BCUT2D eigenvalue weighted by molar-refractivity contribution is 7.01. The quantitative estimate of drug-likeness (QED) is 0.133. The van der Waals surface area contributed by atoms with Crippen LogP contribution >= 0.6 is 0 Å². The third kappa shape index (κ3) is 7.70. The number of hydrazone groups is 3. The van der Waals surface area contributed by atoms with E-state index in [1.165, 1.54) is 0 Å². The van der Waals surface area contributed by atoms with Gasteiger partial charge in [-0.25, -0.2) is 4.61 Å². The summed E-state index contributed by atoms with van der Waals surface area (Å²) in [6.07, 6.45) is 0. The predicted molar refractivity (Wildman–Crippen MR) is 307 cm³/mol. The zero-order valence-electron chi connectivity index (χ0n) is 41.8. The second-order valence-electron chi connectivity index (χ2n) is 19.2. The summed E-state index contributed by atoms with van der Waals surface area (Å²) >= 11 is 0. The van der Waals surface area contributed by atoms with Crippen molar-refractivity contribution < 1.29 is 4.61 Å². The van der Waals surface area contributed by atoms with E-state index in [1.807, 2.05) is 0 Å². The van der Waals surface area contributed by atoms with E-state index in [9.17, 15) is 0 Å². The molecule has 9 aromatic rings. The molecule has 4 heterocycles. The number of anilines is 5. The van der Waals surface area contributed by atoms with E-state index in [1.54, 1.807) is 0 Å². The van der Waals surface area contributed by atoms with Crippen LogP contribution in [0.15, 0.2) is 275 Å². The van der Waals surface area contributed by atoms with Crippen LogP contribution < -0.4 is 24.4 Å². The lowest BCUT2D eigenvalue weighted by Gasteiger charge is -2.58. The number of amidine groups is 3. The molecule has 0 N–H and O–H groups in total. The summed E-state index contributed by atoms with van der Waals surface area (Å²) in [6, 6.07) is 89.2. The first-order valence-corrected chi connectivity index (χ1v) is 25.4. The van der Waals surface area contributed by atoms with Gasteiger partial charge < -0.3 is 19.3 Å². The molecule has 13 rings (SSSR count). The summed E-state index contributed by atoms with van der Waals surface area (Å²) in [5.41, 5.74) is 11.4. The molecule has 12 nitrogen and oxygen atoms in total. The topological polar surface area (TPSA) is 75.1 Å². The third-order valence-corrected chi connectivity index (χ3v) is 14.4. The fraction of sp³-hybridized carbons (Fsp3) is 0.0500. The Balaban J connectivity index is 1.25. The van der Waals surface area contributed by atoms with Crippen molar-refractivity contribution in [3.63, 3.8) is 0 Å². The van der Waals surface area contributed by atoms with Crippen LogP contribution in [0.1, 0.15) is 33.4 Å². The minimum atomic E-state index is -2.92. The van der Waals surface area contributed by atoms with E-state index in [0.717, 1.165) is 73.3 Å². The first-order valence-electron chi connectivity index (χ1n) is 25.4. The van der Waals surface area contributed by atoms with Gasteiger partial charge >= 0.3 is 20.9 Å². The number of hydrazine groups is 1. The van der Waals surface area contributed by atoms with Crippen LogP contribution in [-0.4, -0.2) is 52.7 Å². The van der Waals surface area contributed by atoms with Gasteiger partial charge in [-0.15, -0.1) is 0 Å². The minimum Gasteiger partial charge on any atom is -0.446 e. The van der Waals surface area contributed by atoms with Crippen molar-refractivity contribution in [2.24, 2.45) is 20.4 Å². The monoisotopic (exact) mass is 972 g/mol. The maximum absolute atomic E-state index is 5.93. The highest BCUT2D eigenvalue weighted by Crippen LogP contribution is 2.48. The number of rotatable bonds is 9. The van der Waals surface area contributed by atoms with Gasteiger partial charge in [0.25, 0.3) is 0 Å². The number of hydrogen-bond donors (Lipinski definition) is 0. The van der Waals surface area contributed by atoms with E-state index in [-0.39, 0.29) is 0 Å². The second-order valence-corrected chi connectivity index (χ2v) is 19.2. The normalized spacial score (nSPS) is 17.1. The van der Waals surface area contributed by atoms with Crippen LogP contribution in [0, 0.1) is 20.8 Å². The Bertz CT molecular complexity index is 3620. The number of para-hydroxylation sites is 6. The second kappa shape index (κ2) is 18.8. The molecule has 1 spiro atoms. The van der Waals surface area contributed by atoms with Gasteiger partial charge in [0.15, 0.2) is 11.5 Å². The Labute approximate surface area is 438 Å². The average Bonchev–Trinajstić information content (AvgIpc) is 4.07. The molecular formula is C60H51B3N12. The van der Waals surface area contributed by atoms with Crippen LogP contribution in [0.2, 0.25) is 0 Å². The Hall–Kier alpha value is -9.62. The Morgan fingerprint density at radius 2 is 0.773 bits per heavy atom. The van der Waals surface area contributed by atoms with Gasteiger partial charge in [0.05, 0.1) is 0 Å². The number of nitrogens with zero attached hydrogens (tertiary/aromatic N) is 12. The van der Waals surface area contributed by atoms with Gasteiger partial charge in [-0.2, -0.15) is 15.3 Å². The summed E-state index contributed by atoms with van der Waals surface area (Å²) in [6.45, 7) is 3.43. The molecule has 0 radical (unpaired) electrons. The largest absolute Gasteiger partial charge is 0.638 e. The van der Waals surface area contributed by atoms with Crippen LogP contribution in [0.3, 0.4) is 0 Å². The zero-order chi connectivity index (χ0) is 50.5. The molecule has 0 aliphatic carbocycles. The average molecular weight is 973 g/mol. The van der Waals surface area contributed by atoms with E-state index in [0.29, 0.717) is 11.7 Å². The molecule has 0 bridgehead atoms. The molecule has 360 valence electrons. The van der Waals surface area contributed by atoms with E-state index in [2.05, 4.69) is 314 Å². The van der Waals surface area contributed by atoms with Crippen LogP contribution in [-0.2, 0) is 0 Å². The highest BCUT2D eigenvalue weighted by atomic mass is 15.8. The van der Waals surface area contributed by atoms with Gasteiger partial charge in [0.2, 0.25) is 5.84 Å². The summed E-state index contributed by atoms with van der Waals surface area (Å²) in [4.78, 5) is 11.4. The lowest BCUT2D eigenvalue weighted by molar-refractivity contribution is -0.380. The first kappa shape index (κ1) is 45.3. The van der Waals surface area contributed by atoms with Crippen molar-refractivity contribution in [2.75, 3.05) is 24.4 Å². The molecule has 75 heavy (non-hydrogen) atoms. The third-order valence-electron chi connectivity index (χ3n) is 14.4. The molecule has 0 unspecified atom stereocenters. The van der Waals surface area contributed by atoms with Gasteiger partial charge in [0.1, 0.15) is 5.84 Å². The standard InChI is InChI=1S/C60H51B3N12/c1-46-34-40-49(41-35-46)58-64-73(55-28-16-7-17-29-55)63(74(65-58)56-30-18-8-19-31-56)69(52-22-10-4-11-23-52)61-68(59(50-42-36-47(2)37-43-50)66-70(61)53-24-12-5-13-25-53)62-71(54-26-14-6-15-27-54)67-60(51-44-38-48(3)39-45-51)72(62)75(63)57-32-20-9-21-33-57/h4-45H,1-3H3. The molecule has 0 saturated carbocycles. The smallest absolute Gasteiger partial charge is 0.446 e. The number of aryl methyl sites for hydroxylation is 3. The van der Waals surface area contributed by atoms with Gasteiger partial charge in [0, 0.05) is 51.6 Å². The fourth-order valence-corrected chi connectivity index (χ4v) is 10.8. The van der Waals surface area contributed by atoms with Crippen molar-refractivity contribution in [1.82, 2.24) is 9.64 Å². The zero-order valence-corrected chi connectivity index (χ0v) is 41.8.